The minimum absolute atomic E-state index is 0.184. The maximum atomic E-state index is 14.0. The van der Waals surface area contributed by atoms with Gasteiger partial charge in [-0.3, -0.25) is 9.36 Å². The topological polar surface area (TPSA) is 93.3 Å². The highest BCUT2D eigenvalue weighted by Crippen LogP contribution is 2.42. The number of thiazole rings is 1. The molecule has 9 nitrogen and oxygen atoms in total. The molecule has 1 atom stereocenters. The zero-order valence-electron chi connectivity index (χ0n) is 22.6. The largest absolute Gasteiger partial charge is 0.493 e. The van der Waals surface area contributed by atoms with Gasteiger partial charge < -0.3 is 23.5 Å². The number of para-hydroxylation sites is 1. The van der Waals surface area contributed by atoms with Gasteiger partial charge in [-0.25, -0.2) is 9.79 Å². The van der Waals surface area contributed by atoms with E-state index in [-0.39, 0.29) is 17.7 Å². The van der Waals surface area contributed by atoms with Gasteiger partial charge in [0.1, 0.15) is 0 Å². The van der Waals surface area contributed by atoms with Crippen LogP contribution in [-0.2, 0) is 16.6 Å². The molecule has 1 unspecified atom stereocenters. The summed E-state index contributed by atoms with van der Waals surface area (Å²) in [6.07, 6.45) is 3.87. The van der Waals surface area contributed by atoms with Crippen LogP contribution < -0.4 is 29.1 Å². The maximum Gasteiger partial charge on any atom is 0.338 e. The molecular formula is C29H29N3O6S. The number of methoxy groups -OCH3 is 3. The van der Waals surface area contributed by atoms with E-state index in [1.54, 1.807) is 30.5 Å². The Kier molecular flexibility index (Phi) is 7.05. The summed E-state index contributed by atoms with van der Waals surface area (Å²) in [5.41, 5.74) is 3.07. The van der Waals surface area contributed by atoms with Gasteiger partial charge in [0.25, 0.3) is 5.56 Å². The van der Waals surface area contributed by atoms with Crippen molar-refractivity contribution in [2.75, 3.05) is 27.9 Å². The fourth-order valence-electron chi connectivity index (χ4n) is 5.00. The lowest BCUT2D eigenvalue weighted by Crippen LogP contribution is -2.40. The van der Waals surface area contributed by atoms with E-state index < -0.39 is 12.0 Å². The van der Waals surface area contributed by atoms with Gasteiger partial charge in [0.2, 0.25) is 5.75 Å². The Balaban J connectivity index is 1.79. The standard InChI is InChI=1S/C29H29N3O6S/c1-7-38-28(34)24-16(2)30-29-32(25(24)17-12-21(35-4)26(37-6)22(13-17)36-5)27(33)23(39-29)14-18-15-31(3)20-11-9-8-10-19(18)20/h8-15,25H,7H2,1-6H3. The molecule has 0 spiro atoms. The third kappa shape index (κ3) is 4.40. The lowest BCUT2D eigenvalue weighted by Gasteiger charge is -2.26. The summed E-state index contributed by atoms with van der Waals surface area (Å²) in [6.45, 7) is 3.67. The maximum absolute atomic E-state index is 14.0. The molecule has 0 saturated heterocycles. The van der Waals surface area contributed by atoms with E-state index in [4.69, 9.17) is 18.9 Å². The average Bonchev–Trinajstić information content (AvgIpc) is 3.42. The van der Waals surface area contributed by atoms with Crippen LogP contribution in [0, 0.1) is 0 Å². The van der Waals surface area contributed by atoms with Gasteiger partial charge in [0.15, 0.2) is 16.3 Å². The fraction of sp³-hybridized carbons (Fsp3) is 0.276. The van der Waals surface area contributed by atoms with Crippen LogP contribution in [0.4, 0.5) is 0 Å². The van der Waals surface area contributed by atoms with Crippen molar-refractivity contribution in [3.63, 3.8) is 0 Å². The predicted octanol–water partition coefficient (Wildman–Crippen LogP) is 3.32. The first-order valence-electron chi connectivity index (χ1n) is 12.4. The highest BCUT2D eigenvalue weighted by atomic mass is 32.1. The zero-order chi connectivity index (χ0) is 27.8. The number of fused-ring (bicyclic) bond motifs is 2. The van der Waals surface area contributed by atoms with Crippen molar-refractivity contribution in [2.45, 2.75) is 19.9 Å². The van der Waals surface area contributed by atoms with E-state index in [2.05, 4.69) is 4.99 Å². The highest BCUT2D eigenvalue weighted by Gasteiger charge is 2.34. The number of hydrogen-bond donors (Lipinski definition) is 0. The van der Waals surface area contributed by atoms with Crippen molar-refractivity contribution in [1.82, 2.24) is 9.13 Å². The molecule has 0 radical (unpaired) electrons. The first-order valence-corrected chi connectivity index (χ1v) is 13.2. The molecule has 39 heavy (non-hydrogen) atoms. The first kappa shape index (κ1) is 26.3. The number of esters is 1. The molecule has 2 aromatic heterocycles. The van der Waals surface area contributed by atoms with Crippen molar-refractivity contribution < 1.29 is 23.7 Å². The van der Waals surface area contributed by atoms with Gasteiger partial charge in [0.05, 0.1) is 49.8 Å². The minimum atomic E-state index is -0.816. The second kappa shape index (κ2) is 10.5. The number of aryl methyl sites for hydroxylation is 1. The number of carbonyl (C=O) groups is 1. The molecule has 0 fully saturated rings. The van der Waals surface area contributed by atoms with Crippen LogP contribution in [0.3, 0.4) is 0 Å². The van der Waals surface area contributed by atoms with Gasteiger partial charge in [0, 0.05) is 29.7 Å². The van der Waals surface area contributed by atoms with Crippen LogP contribution in [0.5, 0.6) is 17.2 Å². The Morgan fingerprint density at radius 2 is 1.79 bits per heavy atom. The van der Waals surface area contributed by atoms with Crippen LogP contribution in [0.15, 0.2) is 63.7 Å². The second-order valence-corrected chi connectivity index (χ2v) is 9.98. The van der Waals surface area contributed by atoms with E-state index in [0.717, 1.165) is 16.5 Å². The van der Waals surface area contributed by atoms with Gasteiger partial charge in [-0.05, 0) is 43.7 Å². The summed E-state index contributed by atoms with van der Waals surface area (Å²) >= 11 is 1.28. The number of rotatable bonds is 7. The van der Waals surface area contributed by atoms with Gasteiger partial charge in [-0.1, -0.05) is 29.5 Å². The third-order valence-corrected chi connectivity index (χ3v) is 7.72. The average molecular weight is 548 g/mol. The lowest BCUT2D eigenvalue weighted by atomic mass is 9.95. The smallest absolute Gasteiger partial charge is 0.338 e. The molecule has 202 valence electrons. The molecule has 1 aliphatic rings. The molecule has 0 aliphatic carbocycles. The zero-order valence-corrected chi connectivity index (χ0v) is 23.4. The predicted molar refractivity (Wildman–Crippen MR) is 149 cm³/mol. The summed E-state index contributed by atoms with van der Waals surface area (Å²) in [6, 6.07) is 10.7. The highest BCUT2D eigenvalue weighted by molar-refractivity contribution is 7.07. The van der Waals surface area contributed by atoms with Crippen LogP contribution in [0.25, 0.3) is 17.0 Å². The summed E-state index contributed by atoms with van der Waals surface area (Å²) in [5.74, 6) is 0.677. The van der Waals surface area contributed by atoms with Crippen LogP contribution in [0.1, 0.15) is 31.0 Å². The fourth-order valence-corrected chi connectivity index (χ4v) is 6.03. The van der Waals surface area contributed by atoms with Crippen molar-refractivity contribution in [1.29, 1.82) is 0 Å². The van der Waals surface area contributed by atoms with E-state index in [0.29, 0.717) is 37.8 Å². The number of nitrogens with zero attached hydrogens (tertiary/aromatic N) is 3. The monoisotopic (exact) mass is 547 g/mol. The number of benzene rings is 2. The molecule has 0 bridgehead atoms. The number of aromatic nitrogens is 2. The number of carbonyl (C=O) groups excluding carboxylic acids is 1. The molecule has 5 rings (SSSR count). The molecule has 4 aromatic rings. The van der Waals surface area contributed by atoms with Crippen molar-refractivity contribution in [3.05, 3.63) is 84.7 Å². The molecule has 10 heteroatoms. The Hall–Kier alpha value is -4.31. The van der Waals surface area contributed by atoms with E-state index in [9.17, 15) is 9.59 Å². The molecule has 2 aromatic carbocycles. The Bertz CT molecular complexity index is 1790. The van der Waals surface area contributed by atoms with Crippen molar-refractivity contribution >= 4 is 34.3 Å². The number of allylic oxidation sites excluding steroid dienone is 1. The summed E-state index contributed by atoms with van der Waals surface area (Å²) in [4.78, 5) is 32.4. The van der Waals surface area contributed by atoms with Crippen LogP contribution >= 0.6 is 11.3 Å². The van der Waals surface area contributed by atoms with Crippen LogP contribution in [-0.4, -0.2) is 43.0 Å². The quantitative estimate of drug-likeness (QED) is 0.330. The molecule has 0 N–H and O–H groups in total. The molecule has 0 saturated carbocycles. The summed E-state index contributed by atoms with van der Waals surface area (Å²) < 4.78 is 26.1. The number of hydrogen-bond acceptors (Lipinski definition) is 8. The third-order valence-electron chi connectivity index (χ3n) is 6.73. The normalized spacial score (nSPS) is 15.2. The Morgan fingerprint density at radius 3 is 2.44 bits per heavy atom. The number of ether oxygens (including phenoxy) is 4. The van der Waals surface area contributed by atoms with E-state index >= 15 is 0 Å². The van der Waals surface area contributed by atoms with Crippen LogP contribution in [0.2, 0.25) is 0 Å². The van der Waals surface area contributed by atoms with Gasteiger partial charge in [-0.2, -0.15) is 0 Å². The summed E-state index contributed by atoms with van der Waals surface area (Å²) in [7, 11) is 6.53. The van der Waals surface area contributed by atoms with Crippen molar-refractivity contribution in [2.24, 2.45) is 12.0 Å². The van der Waals surface area contributed by atoms with Gasteiger partial charge >= 0.3 is 5.97 Å². The Morgan fingerprint density at radius 1 is 1.10 bits per heavy atom. The molecule has 1 aliphatic heterocycles. The van der Waals surface area contributed by atoms with E-state index in [1.807, 2.05) is 48.2 Å². The van der Waals surface area contributed by atoms with Gasteiger partial charge in [-0.15, -0.1) is 0 Å². The Labute approximate surface area is 228 Å². The molecule has 0 amide bonds. The SMILES string of the molecule is CCOC(=O)C1=C(C)N=c2sc(=Cc3cn(C)c4ccccc34)c(=O)n2C1c1cc(OC)c(OC)c(OC)c1. The lowest BCUT2D eigenvalue weighted by molar-refractivity contribution is -0.139. The second-order valence-electron chi connectivity index (χ2n) is 8.97. The van der Waals surface area contributed by atoms with Crippen molar-refractivity contribution in [3.8, 4) is 17.2 Å². The minimum Gasteiger partial charge on any atom is -0.493 e. The first-order chi connectivity index (χ1) is 18.8. The van der Waals surface area contributed by atoms with E-state index in [1.165, 1.54) is 32.7 Å². The summed E-state index contributed by atoms with van der Waals surface area (Å²) in [5, 5.41) is 1.04. The molecule has 3 heterocycles. The molecular weight excluding hydrogens is 518 g/mol.